The summed E-state index contributed by atoms with van der Waals surface area (Å²) >= 11 is 0. The number of hydrogen-bond acceptors (Lipinski definition) is 8. The Morgan fingerprint density at radius 2 is 0.693 bits per heavy atom. The van der Waals surface area contributed by atoms with Gasteiger partial charge in [-0.05, 0) is 77.0 Å². The van der Waals surface area contributed by atoms with E-state index in [-0.39, 0.29) is 38.6 Å². The summed E-state index contributed by atoms with van der Waals surface area (Å²) in [6.45, 7) is 3.78. The molecule has 0 bridgehead atoms. The van der Waals surface area contributed by atoms with Crippen molar-refractivity contribution in [2.24, 2.45) is 5.73 Å². The third-order valence-electron chi connectivity index (χ3n) is 14.2. The van der Waals surface area contributed by atoms with E-state index in [9.17, 15) is 19.0 Å². The van der Waals surface area contributed by atoms with Crippen LogP contribution < -0.4 is 5.73 Å². The van der Waals surface area contributed by atoms with Gasteiger partial charge in [0.1, 0.15) is 6.61 Å². The van der Waals surface area contributed by atoms with E-state index in [4.69, 9.17) is 24.3 Å². The molecule has 0 amide bonds. The van der Waals surface area contributed by atoms with Crippen molar-refractivity contribution in [3.63, 3.8) is 0 Å². The molecule has 0 heterocycles. The molecule has 0 spiro atoms. The van der Waals surface area contributed by atoms with Crippen LogP contribution in [0.2, 0.25) is 0 Å². The Morgan fingerprint density at radius 1 is 0.400 bits per heavy atom. The van der Waals surface area contributed by atoms with Crippen LogP contribution >= 0.6 is 7.82 Å². The first-order chi connectivity index (χ1) is 36.8. The minimum atomic E-state index is -4.39. The Kier molecular flexibility index (Phi) is 59.5. The molecular weight excluding hydrogens is 954 g/mol. The molecule has 2 unspecified atom stereocenters. The largest absolute Gasteiger partial charge is 0.472 e. The quantitative estimate of drug-likeness (QED) is 0.0264. The zero-order chi connectivity index (χ0) is 54.5. The molecule has 0 aromatic heterocycles. The number of allylic oxidation sites excluding steroid dienone is 8. The number of phosphoric ester groups is 1. The van der Waals surface area contributed by atoms with E-state index >= 15 is 0 Å². The van der Waals surface area contributed by atoms with Gasteiger partial charge < -0.3 is 20.1 Å². The second kappa shape index (κ2) is 61.2. The van der Waals surface area contributed by atoms with Crippen LogP contribution in [0.15, 0.2) is 48.6 Å². The van der Waals surface area contributed by atoms with E-state index in [2.05, 4.69) is 62.5 Å². The molecule has 0 aliphatic heterocycles. The van der Waals surface area contributed by atoms with Gasteiger partial charge in [0, 0.05) is 19.4 Å². The second-order valence-corrected chi connectivity index (χ2v) is 23.1. The second-order valence-electron chi connectivity index (χ2n) is 21.6. The number of phosphoric acid groups is 1. The van der Waals surface area contributed by atoms with E-state index in [1.54, 1.807) is 0 Å². The zero-order valence-electron chi connectivity index (χ0n) is 49.3. The van der Waals surface area contributed by atoms with Gasteiger partial charge in [-0.15, -0.1) is 0 Å². The van der Waals surface area contributed by atoms with Crippen molar-refractivity contribution in [1.29, 1.82) is 0 Å². The number of unbranched alkanes of at least 4 members (excludes halogenated alkanes) is 40. The van der Waals surface area contributed by atoms with Gasteiger partial charge in [-0.2, -0.15) is 0 Å². The van der Waals surface area contributed by atoms with Crippen LogP contribution in [0.4, 0.5) is 0 Å². The number of nitrogens with two attached hydrogens (primary N) is 1. The van der Waals surface area contributed by atoms with Crippen LogP contribution in [0.5, 0.6) is 0 Å². The van der Waals surface area contributed by atoms with Crippen LogP contribution in [-0.2, 0) is 32.7 Å². The molecule has 0 saturated heterocycles. The van der Waals surface area contributed by atoms with Crippen LogP contribution in [0.25, 0.3) is 0 Å². The molecule has 0 aliphatic carbocycles. The summed E-state index contributed by atoms with van der Waals surface area (Å²) in [5.41, 5.74) is 5.39. The van der Waals surface area contributed by atoms with E-state index in [0.29, 0.717) is 6.42 Å². The van der Waals surface area contributed by atoms with E-state index in [1.165, 1.54) is 238 Å². The van der Waals surface area contributed by atoms with Crippen LogP contribution in [0.3, 0.4) is 0 Å². The highest BCUT2D eigenvalue weighted by atomic mass is 31.2. The summed E-state index contributed by atoms with van der Waals surface area (Å²) in [6, 6.07) is 0. The van der Waals surface area contributed by atoms with Crippen molar-refractivity contribution in [3.8, 4) is 0 Å². The fraction of sp³-hybridized carbons (Fsp3) is 0.846. The summed E-state index contributed by atoms with van der Waals surface area (Å²) in [5.74, 6) is -0.816. The highest BCUT2D eigenvalue weighted by Gasteiger charge is 2.26. The maximum Gasteiger partial charge on any atom is 0.472 e. The summed E-state index contributed by atoms with van der Waals surface area (Å²) < 4.78 is 33.1. The number of rotatable bonds is 61. The van der Waals surface area contributed by atoms with Crippen molar-refractivity contribution in [1.82, 2.24) is 0 Å². The third-order valence-corrected chi connectivity index (χ3v) is 15.2. The standard InChI is InChI=1S/C65H122NO8P/c1-3-5-7-9-11-13-15-17-19-21-23-25-27-29-31-33-35-37-39-41-43-45-47-49-51-53-55-57-64(67)71-61-63(62-73-75(69,70)72-60-59-66)74-65(68)58-56-54-52-50-48-46-44-42-40-38-36-34-32-30-28-26-24-22-20-18-16-14-12-10-8-6-4-2/h16,18,21-24,28,30,63H,3-15,17,19-20,25-27,29,31-62,66H2,1-2H3,(H,69,70)/b18-16-,23-21-,24-22-,30-28-. The first kappa shape index (κ1) is 73.0. The minimum absolute atomic E-state index is 0.0535. The predicted octanol–water partition coefficient (Wildman–Crippen LogP) is 20.5. The van der Waals surface area contributed by atoms with E-state index < -0.39 is 26.5 Å². The van der Waals surface area contributed by atoms with Gasteiger partial charge in [-0.1, -0.05) is 281 Å². The van der Waals surface area contributed by atoms with Gasteiger partial charge in [0.05, 0.1) is 13.2 Å². The lowest BCUT2D eigenvalue weighted by Gasteiger charge is -2.19. The number of carbonyl (C=O) groups excluding carboxylic acids is 2. The topological polar surface area (TPSA) is 134 Å². The number of carbonyl (C=O) groups is 2. The summed E-state index contributed by atoms with van der Waals surface area (Å²) in [7, 11) is -4.39. The number of hydrogen-bond donors (Lipinski definition) is 2. The van der Waals surface area contributed by atoms with Gasteiger partial charge in [0.15, 0.2) is 6.10 Å². The summed E-state index contributed by atoms with van der Waals surface area (Å²) in [5, 5.41) is 0. The van der Waals surface area contributed by atoms with Crippen LogP contribution in [-0.4, -0.2) is 49.3 Å². The molecule has 0 aromatic carbocycles. The highest BCUT2D eigenvalue weighted by Crippen LogP contribution is 2.43. The van der Waals surface area contributed by atoms with Gasteiger partial charge in [-0.3, -0.25) is 18.6 Å². The maximum atomic E-state index is 12.7. The normalized spacial score (nSPS) is 13.3. The Hall–Kier alpha value is -2.03. The Bertz CT molecular complexity index is 1370. The fourth-order valence-corrected chi connectivity index (χ4v) is 10.2. The Labute approximate surface area is 464 Å². The summed E-state index contributed by atoms with van der Waals surface area (Å²) in [4.78, 5) is 35.3. The van der Waals surface area contributed by atoms with Gasteiger partial charge in [-0.25, -0.2) is 4.57 Å². The highest BCUT2D eigenvalue weighted by molar-refractivity contribution is 7.47. The summed E-state index contributed by atoms with van der Waals surface area (Å²) in [6.07, 6.45) is 76.1. The predicted molar refractivity (Wildman–Crippen MR) is 321 cm³/mol. The smallest absolute Gasteiger partial charge is 0.462 e. The van der Waals surface area contributed by atoms with Crippen LogP contribution in [0, 0.1) is 0 Å². The van der Waals surface area contributed by atoms with Gasteiger partial charge in [0.2, 0.25) is 0 Å². The molecular formula is C65H122NO8P. The first-order valence-electron chi connectivity index (χ1n) is 32.1. The zero-order valence-corrected chi connectivity index (χ0v) is 50.2. The van der Waals surface area contributed by atoms with Crippen molar-refractivity contribution < 1.29 is 37.6 Å². The van der Waals surface area contributed by atoms with Gasteiger partial charge >= 0.3 is 19.8 Å². The molecule has 2 atom stereocenters. The van der Waals surface area contributed by atoms with Crippen LogP contribution in [0.1, 0.15) is 322 Å². The average Bonchev–Trinajstić information content (AvgIpc) is 3.40. The SMILES string of the molecule is CCCCCCC/C=C\C/C=C\C/C=C\CCCCCCCCCCCCCCC(=O)OC(COC(=O)CCCCCCCCCCCCCCCCC/C=C\CCCCCCCCCC)COP(=O)(O)OCCN. The average molecular weight is 1080 g/mol. The molecule has 3 N–H and O–H groups in total. The monoisotopic (exact) mass is 1080 g/mol. The maximum absolute atomic E-state index is 12.7. The van der Waals surface area contributed by atoms with E-state index in [0.717, 1.165) is 51.4 Å². The molecule has 0 fully saturated rings. The van der Waals surface area contributed by atoms with Crippen molar-refractivity contribution in [3.05, 3.63) is 48.6 Å². The van der Waals surface area contributed by atoms with Crippen molar-refractivity contribution in [2.75, 3.05) is 26.4 Å². The molecule has 10 heteroatoms. The molecule has 440 valence electrons. The van der Waals surface area contributed by atoms with Crippen molar-refractivity contribution >= 4 is 19.8 Å². The molecule has 0 radical (unpaired) electrons. The Balaban J connectivity index is 3.91. The lowest BCUT2D eigenvalue weighted by molar-refractivity contribution is -0.161. The lowest BCUT2D eigenvalue weighted by Crippen LogP contribution is -2.29. The first-order valence-corrected chi connectivity index (χ1v) is 33.6. The molecule has 0 rings (SSSR count). The third kappa shape index (κ3) is 61.1. The molecule has 0 aliphatic rings. The minimum Gasteiger partial charge on any atom is -0.462 e. The number of ether oxygens (including phenoxy) is 2. The fourth-order valence-electron chi connectivity index (χ4n) is 9.41. The van der Waals surface area contributed by atoms with Crippen molar-refractivity contribution in [2.45, 2.75) is 328 Å². The molecule has 0 saturated carbocycles. The number of esters is 2. The van der Waals surface area contributed by atoms with E-state index in [1.807, 2.05) is 0 Å². The molecule has 9 nitrogen and oxygen atoms in total. The lowest BCUT2D eigenvalue weighted by atomic mass is 10.0. The molecule has 75 heavy (non-hydrogen) atoms. The molecule has 0 aromatic rings. The Morgan fingerprint density at radius 3 is 1.04 bits per heavy atom. The van der Waals surface area contributed by atoms with Gasteiger partial charge in [0.25, 0.3) is 0 Å².